The smallest absolute Gasteiger partial charge is 0.289 e. The highest BCUT2D eigenvalue weighted by molar-refractivity contribution is 7.09. The minimum Gasteiger partial charge on any atom is -0.486 e. The summed E-state index contributed by atoms with van der Waals surface area (Å²) >= 11 is 1.49. The van der Waals surface area contributed by atoms with Crippen molar-refractivity contribution in [2.24, 2.45) is 0 Å². The monoisotopic (exact) mass is 411 g/mol. The maximum absolute atomic E-state index is 12.6. The number of para-hydroxylation sites is 1. The molecule has 7 nitrogen and oxygen atoms in total. The molecule has 0 radical (unpaired) electrons. The topological polar surface area (TPSA) is 75.9 Å². The Bertz CT molecular complexity index is 947. The van der Waals surface area contributed by atoms with E-state index >= 15 is 0 Å². The highest BCUT2D eigenvalue weighted by Crippen LogP contribution is 2.16. The first-order chi connectivity index (χ1) is 14.2. The molecule has 2 aromatic heterocycles. The molecule has 0 unspecified atom stereocenters. The molecule has 3 aromatic rings. The number of nitrogens with zero attached hydrogens (tertiary/aromatic N) is 3. The van der Waals surface area contributed by atoms with Gasteiger partial charge < -0.3 is 19.0 Å². The van der Waals surface area contributed by atoms with Gasteiger partial charge in [0.2, 0.25) is 5.91 Å². The van der Waals surface area contributed by atoms with Crippen molar-refractivity contribution in [3.8, 4) is 5.75 Å². The largest absolute Gasteiger partial charge is 0.486 e. The molecule has 1 saturated heterocycles. The van der Waals surface area contributed by atoms with Crippen LogP contribution in [0.3, 0.4) is 0 Å². The molecule has 2 amide bonds. The lowest BCUT2D eigenvalue weighted by molar-refractivity contribution is -0.132. The van der Waals surface area contributed by atoms with Gasteiger partial charge in [-0.3, -0.25) is 9.59 Å². The lowest BCUT2D eigenvalue weighted by Gasteiger charge is -2.34. The van der Waals surface area contributed by atoms with Crippen molar-refractivity contribution in [3.63, 3.8) is 0 Å². The van der Waals surface area contributed by atoms with E-state index < -0.39 is 0 Å². The van der Waals surface area contributed by atoms with Crippen molar-refractivity contribution in [2.75, 3.05) is 26.2 Å². The fourth-order valence-corrected chi connectivity index (χ4v) is 3.85. The Morgan fingerprint density at radius 2 is 1.79 bits per heavy atom. The normalized spacial score (nSPS) is 14.1. The second-order valence-corrected chi connectivity index (χ2v) is 7.60. The van der Waals surface area contributed by atoms with Crippen molar-refractivity contribution in [1.82, 2.24) is 14.8 Å². The third kappa shape index (κ3) is 4.83. The summed E-state index contributed by atoms with van der Waals surface area (Å²) in [5.74, 6) is 1.01. The molecule has 150 valence electrons. The van der Waals surface area contributed by atoms with Gasteiger partial charge in [-0.2, -0.15) is 0 Å². The number of aromatic nitrogens is 1. The number of rotatable bonds is 6. The van der Waals surface area contributed by atoms with Gasteiger partial charge in [-0.1, -0.05) is 18.2 Å². The first-order valence-electron chi connectivity index (χ1n) is 9.41. The van der Waals surface area contributed by atoms with E-state index in [4.69, 9.17) is 9.15 Å². The summed E-state index contributed by atoms with van der Waals surface area (Å²) in [6.45, 7) is 2.41. The van der Waals surface area contributed by atoms with Crippen molar-refractivity contribution < 1.29 is 18.7 Å². The first kappa shape index (κ1) is 19.2. The van der Waals surface area contributed by atoms with Gasteiger partial charge >= 0.3 is 0 Å². The van der Waals surface area contributed by atoms with E-state index in [2.05, 4.69) is 4.98 Å². The lowest BCUT2D eigenvalue weighted by Crippen LogP contribution is -2.50. The summed E-state index contributed by atoms with van der Waals surface area (Å²) in [5, 5.41) is 2.74. The molecule has 0 saturated carbocycles. The minimum atomic E-state index is -0.135. The lowest BCUT2D eigenvalue weighted by atomic mass is 10.2. The standard InChI is InChI=1S/C21H21N3O4S/c25-20(23-8-10-24(11-9-23)21(26)18-7-4-12-27-18)13-16-15-29-19(22-16)14-28-17-5-2-1-3-6-17/h1-7,12,15H,8-11,13-14H2. The molecule has 0 aliphatic carbocycles. The van der Waals surface area contributed by atoms with Crippen molar-refractivity contribution in [1.29, 1.82) is 0 Å². The molecule has 8 heteroatoms. The fraction of sp³-hybridized carbons (Fsp3) is 0.286. The Hall–Kier alpha value is -3.13. The van der Waals surface area contributed by atoms with Crippen LogP contribution in [0.2, 0.25) is 0 Å². The van der Waals surface area contributed by atoms with Gasteiger partial charge in [-0.15, -0.1) is 11.3 Å². The van der Waals surface area contributed by atoms with Crippen LogP contribution in [0.5, 0.6) is 5.75 Å². The van der Waals surface area contributed by atoms with Crippen LogP contribution in [-0.2, 0) is 17.8 Å². The number of ether oxygens (including phenoxy) is 1. The second kappa shape index (κ2) is 8.91. The summed E-state index contributed by atoms with van der Waals surface area (Å²) < 4.78 is 10.9. The fourth-order valence-electron chi connectivity index (χ4n) is 3.14. The molecule has 1 aliphatic heterocycles. The van der Waals surface area contributed by atoms with E-state index in [1.807, 2.05) is 35.7 Å². The maximum Gasteiger partial charge on any atom is 0.289 e. The van der Waals surface area contributed by atoms with Gasteiger partial charge in [0.25, 0.3) is 5.91 Å². The van der Waals surface area contributed by atoms with Crippen molar-refractivity contribution >= 4 is 23.2 Å². The molecule has 0 atom stereocenters. The summed E-state index contributed by atoms with van der Waals surface area (Å²) in [7, 11) is 0. The third-order valence-electron chi connectivity index (χ3n) is 4.69. The molecule has 29 heavy (non-hydrogen) atoms. The average Bonchev–Trinajstić information content (AvgIpc) is 3.45. The van der Waals surface area contributed by atoms with Gasteiger partial charge in [0, 0.05) is 31.6 Å². The zero-order chi connectivity index (χ0) is 20.1. The van der Waals surface area contributed by atoms with Crippen LogP contribution in [-0.4, -0.2) is 52.8 Å². The molecule has 0 spiro atoms. The SMILES string of the molecule is O=C(Cc1csc(COc2ccccc2)n1)N1CCN(C(=O)c2ccco2)CC1. The van der Waals surface area contributed by atoms with Crippen LogP contribution in [0.25, 0.3) is 0 Å². The number of benzene rings is 1. The van der Waals surface area contributed by atoms with Crippen molar-refractivity contribution in [2.45, 2.75) is 13.0 Å². The Labute approximate surface area is 172 Å². The maximum atomic E-state index is 12.6. The Morgan fingerprint density at radius 1 is 1.03 bits per heavy atom. The zero-order valence-electron chi connectivity index (χ0n) is 15.8. The van der Waals surface area contributed by atoms with E-state index in [0.717, 1.165) is 16.5 Å². The third-order valence-corrected chi connectivity index (χ3v) is 5.56. The quantitative estimate of drug-likeness (QED) is 0.623. The number of hydrogen-bond donors (Lipinski definition) is 0. The molecular weight excluding hydrogens is 390 g/mol. The molecule has 0 bridgehead atoms. The predicted molar refractivity (Wildman–Crippen MR) is 108 cm³/mol. The average molecular weight is 411 g/mol. The van der Waals surface area contributed by atoms with E-state index in [9.17, 15) is 9.59 Å². The van der Waals surface area contributed by atoms with E-state index in [0.29, 0.717) is 38.5 Å². The van der Waals surface area contributed by atoms with Gasteiger partial charge in [-0.25, -0.2) is 4.98 Å². The predicted octanol–water partition coefficient (Wildman–Crippen LogP) is 2.84. The molecule has 1 aliphatic rings. The van der Waals surface area contributed by atoms with Gasteiger partial charge in [0.15, 0.2) is 5.76 Å². The highest BCUT2D eigenvalue weighted by Gasteiger charge is 2.26. The summed E-state index contributed by atoms with van der Waals surface area (Å²) in [6.07, 6.45) is 1.74. The van der Waals surface area contributed by atoms with Crippen LogP contribution < -0.4 is 4.74 Å². The Morgan fingerprint density at radius 3 is 2.52 bits per heavy atom. The Kier molecular flexibility index (Phi) is 5.90. The summed E-state index contributed by atoms with van der Waals surface area (Å²) in [4.78, 5) is 32.9. The van der Waals surface area contributed by atoms with E-state index in [-0.39, 0.29) is 18.2 Å². The van der Waals surface area contributed by atoms with Crippen LogP contribution in [0.1, 0.15) is 21.3 Å². The Balaban J connectivity index is 1.25. The van der Waals surface area contributed by atoms with Crippen LogP contribution in [0.15, 0.2) is 58.5 Å². The number of thiazole rings is 1. The molecule has 1 aromatic carbocycles. The van der Waals surface area contributed by atoms with Crippen LogP contribution >= 0.6 is 11.3 Å². The number of carbonyl (C=O) groups is 2. The highest BCUT2D eigenvalue weighted by atomic mass is 32.1. The van der Waals surface area contributed by atoms with Gasteiger partial charge in [0.05, 0.1) is 18.4 Å². The number of piperazine rings is 1. The molecule has 3 heterocycles. The van der Waals surface area contributed by atoms with Gasteiger partial charge in [0.1, 0.15) is 17.4 Å². The molecule has 4 rings (SSSR count). The zero-order valence-corrected chi connectivity index (χ0v) is 16.6. The van der Waals surface area contributed by atoms with Crippen LogP contribution in [0, 0.1) is 0 Å². The summed E-state index contributed by atoms with van der Waals surface area (Å²) in [5.41, 5.74) is 0.751. The van der Waals surface area contributed by atoms with E-state index in [1.54, 1.807) is 21.9 Å². The van der Waals surface area contributed by atoms with Gasteiger partial charge in [-0.05, 0) is 24.3 Å². The first-order valence-corrected chi connectivity index (χ1v) is 10.3. The van der Waals surface area contributed by atoms with Crippen molar-refractivity contribution in [3.05, 3.63) is 70.6 Å². The minimum absolute atomic E-state index is 0.0240. The molecule has 1 fully saturated rings. The number of furan rings is 1. The second-order valence-electron chi connectivity index (χ2n) is 6.66. The molecular formula is C21H21N3O4S. The number of carbonyl (C=O) groups excluding carboxylic acids is 2. The molecule has 0 N–H and O–H groups in total. The number of hydrogen-bond acceptors (Lipinski definition) is 6. The number of amides is 2. The van der Waals surface area contributed by atoms with E-state index in [1.165, 1.54) is 17.6 Å². The van der Waals surface area contributed by atoms with Crippen LogP contribution in [0.4, 0.5) is 0 Å². The summed E-state index contributed by atoms with van der Waals surface area (Å²) in [6, 6.07) is 12.9.